The quantitative estimate of drug-likeness (QED) is 0.418. The van der Waals surface area contributed by atoms with Crippen LogP contribution in [0, 0.1) is 12.8 Å². The summed E-state index contributed by atoms with van der Waals surface area (Å²) in [6, 6.07) is 2.85. The summed E-state index contributed by atoms with van der Waals surface area (Å²) in [7, 11) is -6.00. The van der Waals surface area contributed by atoms with Crippen molar-refractivity contribution in [3.8, 4) is 5.88 Å². The van der Waals surface area contributed by atoms with Crippen molar-refractivity contribution in [2.75, 3.05) is 12.0 Å². The number of hydrogen-bond acceptors (Lipinski definition) is 7. The van der Waals surface area contributed by atoms with Crippen LogP contribution in [0.1, 0.15) is 61.7 Å². The number of allylic oxidation sites excluding steroid dienone is 2. The first-order chi connectivity index (χ1) is 14.6. The van der Waals surface area contributed by atoms with Crippen molar-refractivity contribution in [2.24, 2.45) is 13.0 Å². The Hall–Kier alpha value is -2.46. The second kappa shape index (κ2) is 9.19. The molecule has 0 aliphatic rings. The van der Waals surface area contributed by atoms with Crippen LogP contribution in [0.5, 0.6) is 5.88 Å². The zero-order valence-electron chi connectivity index (χ0n) is 19.7. The minimum absolute atomic E-state index is 0.0177. The molecule has 0 radical (unpaired) electrons. The second-order valence-electron chi connectivity index (χ2n) is 8.53. The van der Waals surface area contributed by atoms with Gasteiger partial charge in [0.1, 0.15) is 5.56 Å². The maximum Gasteiger partial charge on any atom is 0.310 e. The van der Waals surface area contributed by atoms with Gasteiger partial charge in [0, 0.05) is 18.9 Å². The van der Waals surface area contributed by atoms with Gasteiger partial charge in [0.15, 0.2) is 15.6 Å². The predicted octanol–water partition coefficient (Wildman–Crippen LogP) is 3.54. The van der Waals surface area contributed by atoms with Gasteiger partial charge in [0.2, 0.25) is 5.88 Å². The molecule has 0 amide bonds. The van der Waals surface area contributed by atoms with Gasteiger partial charge in [-0.05, 0) is 62.4 Å². The number of hydrogen-bond donors (Lipinski definition) is 0. The average Bonchev–Trinajstić information content (AvgIpc) is 2.98. The summed E-state index contributed by atoms with van der Waals surface area (Å²) in [6.07, 6.45) is 2.37. The minimum Gasteiger partial charge on any atom is -0.361 e. The average molecular weight is 483 g/mol. The summed E-state index contributed by atoms with van der Waals surface area (Å²) in [5.41, 5.74) is 2.84. The Labute approximate surface area is 190 Å². The van der Waals surface area contributed by atoms with Crippen LogP contribution in [0.3, 0.4) is 0 Å². The first kappa shape index (κ1) is 25.8. The highest BCUT2D eigenvalue weighted by molar-refractivity contribution is 7.90. The van der Waals surface area contributed by atoms with Gasteiger partial charge in [0.25, 0.3) is 0 Å². The molecule has 2 rings (SSSR count). The lowest BCUT2D eigenvalue weighted by Crippen LogP contribution is -2.20. The highest BCUT2D eigenvalue weighted by atomic mass is 32.2. The van der Waals surface area contributed by atoms with Crippen LogP contribution in [0.15, 0.2) is 28.8 Å². The van der Waals surface area contributed by atoms with Gasteiger partial charge in [-0.3, -0.25) is 4.79 Å². The van der Waals surface area contributed by atoms with Gasteiger partial charge in [-0.15, -0.1) is 0 Å². The van der Waals surface area contributed by atoms with E-state index < -0.39 is 25.7 Å². The van der Waals surface area contributed by atoms with Gasteiger partial charge in [-0.1, -0.05) is 19.4 Å². The number of nitrogens with zero attached hydrogens (tertiary/aromatic N) is 2. The Balaban J connectivity index is 2.69. The molecule has 176 valence electrons. The van der Waals surface area contributed by atoms with Gasteiger partial charge >= 0.3 is 10.1 Å². The molecule has 0 aliphatic heterocycles. The zero-order chi connectivity index (χ0) is 24.6. The van der Waals surface area contributed by atoms with Crippen molar-refractivity contribution in [2.45, 2.75) is 46.4 Å². The molecule has 0 saturated heterocycles. The van der Waals surface area contributed by atoms with Crippen molar-refractivity contribution < 1.29 is 25.8 Å². The van der Waals surface area contributed by atoms with E-state index in [2.05, 4.69) is 5.10 Å². The monoisotopic (exact) mass is 482 g/mol. The molecule has 10 heteroatoms. The third-order valence-electron chi connectivity index (χ3n) is 5.07. The molecule has 32 heavy (non-hydrogen) atoms. The Bertz CT molecular complexity index is 1300. The van der Waals surface area contributed by atoms with Crippen LogP contribution in [0.4, 0.5) is 0 Å². The van der Waals surface area contributed by atoms with Crippen molar-refractivity contribution in [1.82, 2.24) is 9.78 Å². The van der Waals surface area contributed by atoms with E-state index >= 15 is 0 Å². The maximum absolute atomic E-state index is 13.4. The summed E-state index contributed by atoms with van der Waals surface area (Å²) in [6.45, 7) is 10.7. The number of benzene rings is 1. The zero-order valence-corrected chi connectivity index (χ0v) is 21.3. The fourth-order valence-corrected chi connectivity index (χ4v) is 5.66. The summed E-state index contributed by atoms with van der Waals surface area (Å²) in [4.78, 5) is 13.6. The number of ketones is 1. The summed E-state index contributed by atoms with van der Waals surface area (Å²) in [5, 5.41) is 4.00. The van der Waals surface area contributed by atoms with E-state index in [4.69, 9.17) is 4.18 Å². The van der Waals surface area contributed by atoms with Crippen molar-refractivity contribution in [3.05, 3.63) is 46.2 Å². The van der Waals surface area contributed by atoms with E-state index in [1.807, 2.05) is 13.8 Å². The van der Waals surface area contributed by atoms with Gasteiger partial charge in [0.05, 0.1) is 16.8 Å². The van der Waals surface area contributed by atoms with Crippen molar-refractivity contribution in [1.29, 1.82) is 0 Å². The molecular weight excluding hydrogens is 452 g/mol. The lowest BCUT2D eigenvalue weighted by Gasteiger charge is -2.17. The Morgan fingerprint density at radius 2 is 1.69 bits per heavy atom. The van der Waals surface area contributed by atoms with Crippen LogP contribution in [-0.4, -0.2) is 44.4 Å². The SMILES string of the molecule is CC(C)=C(C)c1c(S(C)(=O)=O)ccc(C(=O)c2cnn(C)c2OS(=O)(=O)CC(C)C)c1C. The molecule has 2 aromatic rings. The second-order valence-corrected chi connectivity index (χ2v) is 12.1. The highest BCUT2D eigenvalue weighted by Gasteiger charge is 2.28. The van der Waals surface area contributed by atoms with Crippen LogP contribution in [0.25, 0.3) is 5.57 Å². The van der Waals surface area contributed by atoms with E-state index in [-0.39, 0.29) is 33.6 Å². The largest absolute Gasteiger partial charge is 0.361 e. The number of carbonyl (C=O) groups is 1. The smallest absolute Gasteiger partial charge is 0.310 e. The van der Waals surface area contributed by atoms with Gasteiger partial charge in [-0.2, -0.15) is 13.5 Å². The molecule has 1 heterocycles. The number of sulfone groups is 1. The molecular formula is C22H30N2O6S2. The highest BCUT2D eigenvalue weighted by Crippen LogP contribution is 2.33. The molecule has 0 aliphatic carbocycles. The number of aryl methyl sites for hydroxylation is 1. The Morgan fingerprint density at radius 3 is 2.19 bits per heavy atom. The summed E-state index contributed by atoms with van der Waals surface area (Å²) >= 11 is 0. The topological polar surface area (TPSA) is 112 Å². The lowest BCUT2D eigenvalue weighted by molar-refractivity contribution is 0.103. The van der Waals surface area contributed by atoms with E-state index in [1.54, 1.807) is 27.7 Å². The molecule has 0 bridgehead atoms. The summed E-state index contributed by atoms with van der Waals surface area (Å²) in [5.74, 6) is -1.05. The lowest BCUT2D eigenvalue weighted by atomic mass is 9.91. The maximum atomic E-state index is 13.4. The normalized spacial score (nSPS) is 12.2. The first-order valence-electron chi connectivity index (χ1n) is 10.0. The molecule has 0 atom stereocenters. The molecule has 0 saturated carbocycles. The molecule has 0 fully saturated rings. The Kier molecular flexibility index (Phi) is 7.41. The van der Waals surface area contributed by atoms with E-state index in [0.717, 1.165) is 17.4 Å². The Morgan fingerprint density at radius 1 is 1.09 bits per heavy atom. The van der Waals surface area contributed by atoms with Crippen LogP contribution >= 0.6 is 0 Å². The van der Waals surface area contributed by atoms with E-state index in [1.165, 1.54) is 30.1 Å². The fraction of sp³-hybridized carbons (Fsp3) is 0.455. The number of aromatic nitrogens is 2. The molecule has 0 spiro atoms. The van der Waals surface area contributed by atoms with Gasteiger partial charge < -0.3 is 4.18 Å². The van der Waals surface area contributed by atoms with Crippen LogP contribution in [-0.2, 0) is 27.0 Å². The molecule has 1 aromatic carbocycles. The molecule has 1 aromatic heterocycles. The third-order valence-corrected chi connectivity index (χ3v) is 7.69. The molecule has 0 N–H and O–H groups in total. The van der Waals surface area contributed by atoms with Crippen LogP contribution < -0.4 is 4.18 Å². The third kappa shape index (κ3) is 5.47. The van der Waals surface area contributed by atoms with Crippen molar-refractivity contribution >= 4 is 31.3 Å². The standard InChI is InChI=1S/C22H30N2O6S2/c1-13(2)12-32(28,29)30-22-18(11-23-24(22)7)21(25)17-9-10-19(31(8,26)27)20(16(17)6)15(5)14(3)4/h9-11,13H,12H2,1-8H3. The molecule has 8 nitrogen and oxygen atoms in total. The molecule has 0 unspecified atom stereocenters. The minimum atomic E-state index is -3.93. The van der Waals surface area contributed by atoms with E-state index in [0.29, 0.717) is 11.1 Å². The number of carbonyl (C=O) groups excluding carboxylic acids is 1. The first-order valence-corrected chi connectivity index (χ1v) is 13.5. The number of rotatable bonds is 8. The van der Waals surface area contributed by atoms with Gasteiger partial charge in [-0.25, -0.2) is 13.1 Å². The van der Waals surface area contributed by atoms with E-state index in [9.17, 15) is 21.6 Å². The van der Waals surface area contributed by atoms with Crippen LogP contribution in [0.2, 0.25) is 0 Å². The van der Waals surface area contributed by atoms with Crippen molar-refractivity contribution in [3.63, 3.8) is 0 Å². The predicted molar refractivity (Wildman–Crippen MR) is 124 cm³/mol. The fourth-order valence-electron chi connectivity index (χ4n) is 3.35. The summed E-state index contributed by atoms with van der Waals surface area (Å²) < 4.78 is 55.9.